The van der Waals surface area contributed by atoms with Crippen LogP contribution in [0.1, 0.15) is 38.1 Å². The number of hydrogen-bond donors (Lipinski definition) is 1. The summed E-state index contributed by atoms with van der Waals surface area (Å²) in [5, 5.41) is 7.98. The van der Waals surface area contributed by atoms with Crippen LogP contribution in [-0.4, -0.2) is 35.1 Å². The maximum absolute atomic E-state index is 6.09. The third-order valence-corrected chi connectivity index (χ3v) is 3.60. The predicted molar refractivity (Wildman–Crippen MR) is 77.3 cm³/mol. The second-order valence-electron chi connectivity index (χ2n) is 6.12. The average molecular weight is 265 g/mol. The first kappa shape index (κ1) is 14.5. The molecule has 0 spiro atoms. The highest BCUT2D eigenvalue weighted by Crippen LogP contribution is 2.21. The molecule has 1 N–H and O–H groups in total. The fraction of sp³-hybridized carbons (Fsp3) is 0.800. The van der Waals surface area contributed by atoms with Gasteiger partial charge in [-0.25, -0.2) is 0 Å². The SMILES string of the molecule is Cc1cc(C)n(CC2CCC(CNCC(C)C)O2)n1. The standard InChI is InChI=1S/C15H27N3O/c1-11(2)8-16-9-14-5-6-15(19-14)10-18-13(4)7-12(3)17-18/h7,11,14-16H,5-6,8-10H2,1-4H3. The zero-order valence-corrected chi connectivity index (χ0v) is 12.6. The molecule has 2 unspecified atom stereocenters. The van der Waals surface area contributed by atoms with Crippen LogP contribution in [0.3, 0.4) is 0 Å². The summed E-state index contributed by atoms with van der Waals surface area (Å²) in [7, 11) is 0. The Balaban J connectivity index is 1.74. The molecule has 0 aromatic carbocycles. The zero-order chi connectivity index (χ0) is 13.8. The van der Waals surface area contributed by atoms with Gasteiger partial charge in [-0.1, -0.05) is 13.8 Å². The average Bonchev–Trinajstić information content (AvgIpc) is 2.87. The van der Waals surface area contributed by atoms with Crippen molar-refractivity contribution in [1.82, 2.24) is 15.1 Å². The number of nitrogens with zero attached hydrogens (tertiary/aromatic N) is 2. The van der Waals surface area contributed by atoms with Gasteiger partial charge in [-0.05, 0) is 45.2 Å². The van der Waals surface area contributed by atoms with Crippen LogP contribution in [0.25, 0.3) is 0 Å². The van der Waals surface area contributed by atoms with Crippen molar-refractivity contribution in [2.75, 3.05) is 13.1 Å². The van der Waals surface area contributed by atoms with E-state index in [1.165, 1.54) is 5.69 Å². The second-order valence-corrected chi connectivity index (χ2v) is 6.12. The smallest absolute Gasteiger partial charge is 0.0776 e. The molecule has 0 amide bonds. The lowest BCUT2D eigenvalue weighted by Gasteiger charge is -2.16. The molecule has 19 heavy (non-hydrogen) atoms. The van der Waals surface area contributed by atoms with Crippen molar-refractivity contribution >= 4 is 0 Å². The molecule has 4 heteroatoms. The summed E-state index contributed by atoms with van der Waals surface area (Å²) >= 11 is 0. The Hall–Kier alpha value is -0.870. The summed E-state index contributed by atoms with van der Waals surface area (Å²) in [5.41, 5.74) is 2.31. The lowest BCUT2D eigenvalue weighted by atomic mass is 10.2. The first-order chi connectivity index (χ1) is 9.04. The summed E-state index contributed by atoms with van der Waals surface area (Å²) < 4.78 is 8.16. The van der Waals surface area contributed by atoms with E-state index in [9.17, 15) is 0 Å². The predicted octanol–water partition coefficient (Wildman–Crippen LogP) is 2.29. The molecule has 1 aromatic rings. The molecular weight excluding hydrogens is 238 g/mol. The second kappa shape index (κ2) is 6.53. The Labute approximate surface area is 116 Å². The van der Waals surface area contributed by atoms with Crippen molar-refractivity contribution in [3.63, 3.8) is 0 Å². The van der Waals surface area contributed by atoms with Gasteiger partial charge in [-0.3, -0.25) is 4.68 Å². The molecule has 0 aliphatic carbocycles. The quantitative estimate of drug-likeness (QED) is 0.858. The molecular formula is C15H27N3O. The lowest BCUT2D eigenvalue weighted by molar-refractivity contribution is 0.0336. The minimum absolute atomic E-state index is 0.323. The van der Waals surface area contributed by atoms with Gasteiger partial charge in [-0.15, -0.1) is 0 Å². The molecule has 0 bridgehead atoms. The van der Waals surface area contributed by atoms with Crippen molar-refractivity contribution < 1.29 is 4.74 Å². The zero-order valence-electron chi connectivity index (χ0n) is 12.6. The number of aryl methyl sites for hydroxylation is 2. The Bertz CT molecular complexity index is 400. The third-order valence-electron chi connectivity index (χ3n) is 3.60. The van der Waals surface area contributed by atoms with E-state index in [2.05, 4.69) is 41.9 Å². The molecule has 108 valence electrons. The van der Waals surface area contributed by atoms with Gasteiger partial charge in [0, 0.05) is 12.2 Å². The van der Waals surface area contributed by atoms with Crippen molar-refractivity contribution in [1.29, 1.82) is 0 Å². The Morgan fingerprint density at radius 2 is 2.11 bits per heavy atom. The van der Waals surface area contributed by atoms with Crippen molar-refractivity contribution in [3.05, 3.63) is 17.5 Å². The molecule has 4 nitrogen and oxygen atoms in total. The van der Waals surface area contributed by atoms with Crippen molar-refractivity contribution in [2.24, 2.45) is 5.92 Å². The van der Waals surface area contributed by atoms with Crippen LogP contribution in [-0.2, 0) is 11.3 Å². The summed E-state index contributed by atoms with van der Waals surface area (Å²) in [6, 6.07) is 2.12. The van der Waals surface area contributed by atoms with Gasteiger partial charge in [0.15, 0.2) is 0 Å². The maximum atomic E-state index is 6.09. The van der Waals surface area contributed by atoms with Crippen LogP contribution >= 0.6 is 0 Å². The van der Waals surface area contributed by atoms with Gasteiger partial charge < -0.3 is 10.1 Å². The fourth-order valence-corrected chi connectivity index (χ4v) is 2.65. The van der Waals surface area contributed by atoms with E-state index in [-0.39, 0.29) is 0 Å². The molecule has 0 saturated carbocycles. The molecule has 1 aliphatic heterocycles. The largest absolute Gasteiger partial charge is 0.372 e. The number of ether oxygens (including phenoxy) is 1. The van der Waals surface area contributed by atoms with Crippen molar-refractivity contribution in [3.8, 4) is 0 Å². The highest BCUT2D eigenvalue weighted by atomic mass is 16.5. The van der Waals surface area contributed by atoms with Gasteiger partial charge in [0.05, 0.1) is 24.4 Å². The van der Waals surface area contributed by atoms with E-state index in [4.69, 9.17) is 4.74 Å². The van der Waals surface area contributed by atoms with E-state index in [1.54, 1.807) is 0 Å². The molecule has 2 atom stereocenters. The summed E-state index contributed by atoms with van der Waals surface area (Å²) in [6.45, 7) is 11.5. The first-order valence-corrected chi connectivity index (χ1v) is 7.42. The molecule has 1 aliphatic rings. The highest BCUT2D eigenvalue weighted by molar-refractivity contribution is 5.06. The van der Waals surface area contributed by atoms with Crippen LogP contribution in [0, 0.1) is 19.8 Å². The van der Waals surface area contributed by atoms with Gasteiger partial charge in [0.1, 0.15) is 0 Å². The van der Waals surface area contributed by atoms with E-state index >= 15 is 0 Å². The van der Waals surface area contributed by atoms with Crippen molar-refractivity contribution in [2.45, 2.75) is 59.3 Å². The monoisotopic (exact) mass is 265 g/mol. The van der Waals surface area contributed by atoms with Gasteiger partial charge >= 0.3 is 0 Å². The van der Waals surface area contributed by atoms with Gasteiger partial charge in [0.25, 0.3) is 0 Å². The third kappa shape index (κ3) is 4.32. The number of rotatable bonds is 6. The van der Waals surface area contributed by atoms with E-state index in [1.807, 2.05) is 6.92 Å². The Morgan fingerprint density at radius 1 is 1.37 bits per heavy atom. The first-order valence-electron chi connectivity index (χ1n) is 7.42. The minimum atomic E-state index is 0.323. The Morgan fingerprint density at radius 3 is 2.74 bits per heavy atom. The van der Waals surface area contributed by atoms with Crippen LogP contribution in [0.2, 0.25) is 0 Å². The highest BCUT2D eigenvalue weighted by Gasteiger charge is 2.25. The van der Waals surface area contributed by atoms with E-state index in [0.717, 1.165) is 38.2 Å². The van der Waals surface area contributed by atoms with Gasteiger partial charge in [0.2, 0.25) is 0 Å². The molecule has 2 rings (SSSR count). The molecule has 1 fully saturated rings. The maximum Gasteiger partial charge on any atom is 0.0776 e. The molecule has 1 aromatic heterocycles. The van der Waals surface area contributed by atoms with Crippen LogP contribution in [0.15, 0.2) is 6.07 Å². The Kier molecular flexibility index (Phi) is 4.99. The number of nitrogens with one attached hydrogen (secondary N) is 1. The summed E-state index contributed by atoms with van der Waals surface area (Å²) in [4.78, 5) is 0. The number of aromatic nitrogens is 2. The van der Waals surface area contributed by atoms with Gasteiger partial charge in [-0.2, -0.15) is 5.10 Å². The molecule has 2 heterocycles. The van der Waals surface area contributed by atoms with E-state index < -0.39 is 0 Å². The lowest BCUT2D eigenvalue weighted by Crippen LogP contribution is -2.30. The fourth-order valence-electron chi connectivity index (χ4n) is 2.65. The minimum Gasteiger partial charge on any atom is -0.372 e. The topological polar surface area (TPSA) is 39.1 Å². The summed E-state index contributed by atoms with van der Waals surface area (Å²) in [5.74, 6) is 0.701. The summed E-state index contributed by atoms with van der Waals surface area (Å²) in [6.07, 6.45) is 3.01. The van der Waals surface area contributed by atoms with Crippen LogP contribution in [0.4, 0.5) is 0 Å². The molecule has 0 radical (unpaired) electrons. The van der Waals surface area contributed by atoms with Crippen LogP contribution < -0.4 is 5.32 Å². The van der Waals surface area contributed by atoms with Crippen LogP contribution in [0.5, 0.6) is 0 Å². The normalized spacial score (nSPS) is 23.4. The molecule has 1 saturated heterocycles. The number of hydrogen-bond acceptors (Lipinski definition) is 3. The van der Waals surface area contributed by atoms with E-state index in [0.29, 0.717) is 18.1 Å².